The molecule has 1 rings (SSSR count). The van der Waals surface area contributed by atoms with Gasteiger partial charge in [-0.2, -0.15) is 0 Å². The molecule has 0 fully saturated rings. The van der Waals surface area contributed by atoms with Crippen molar-refractivity contribution in [3.8, 4) is 0 Å². The molecule has 0 atom stereocenters. The van der Waals surface area contributed by atoms with E-state index in [9.17, 15) is 4.79 Å². The van der Waals surface area contributed by atoms with E-state index in [1.54, 1.807) is 12.1 Å². The third-order valence-corrected chi connectivity index (χ3v) is 1.59. The van der Waals surface area contributed by atoms with Crippen LogP contribution in [0.5, 0.6) is 0 Å². The molecule has 1 aromatic rings. The molecule has 12 heavy (non-hydrogen) atoms. The molecule has 0 saturated carbocycles. The SMILES string of the molecule is CC(=O)Nc1ccc(N)c(C)c1. The van der Waals surface area contributed by atoms with Crippen LogP contribution >= 0.6 is 0 Å². The van der Waals surface area contributed by atoms with Gasteiger partial charge in [-0.1, -0.05) is 0 Å². The largest absolute Gasteiger partial charge is 0.399 e. The normalized spacial score (nSPS) is 9.50. The number of aryl methyl sites for hydroxylation is 1. The number of nitrogens with two attached hydrogens (primary N) is 1. The highest BCUT2D eigenvalue weighted by Gasteiger charge is 1.97. The van der Waals surface area contributed by atoms with Gasteiger partial charge in [-0.15, -0.1) is 0 Å². The Hall–Kier alpha value is -1.51. The lowest BCUT2D eigenvalue weighted by atomic mass is 10.2. The minimum atomic E-state index is -0.0702. The lowest BCUT2D eigenvalue weighted by Crippen LogP contribution is -2.06. The van der Waals surface area contributed by atoms with E-state index in [0.717, 1.165) is 16.9 Å². The average molecular weight is 164 g/mol. The van der Waals surface area contributed by atoms with Gasteiger partial charge in [0.15, 0.2) is 0 Å². The molecule has 1 amide bonds. The minimum absolute atomic E-state index is 0.0702. The number of carbonyl (C=O) groups is 1. The highest BCUT2D eigenvalue weighted by atomic mass is 16.1. The van der Waals surface area contributed by atoms with Gasteiger partial charge in [0.2, 0.25) is 5.91 Å². The lowest BCUT2D eigenvalue weighted by molar-refractivity contribution is -0.114. The summed E-state index contributed by atoms with van der Waals surface area (Å²) in [6.45, 7) is 3.38. The van der Waals surface area contributed by atoms with Gasteiger partial charge in [0.05, 0.1) is 0 Å². The number of nitrogens with one attached hydrogen (secondary N) is 1. The predicted molar refractivity (Wildman–Crippen MR) is 49.9 cm³/mol. The van der Waals surface area contributed by atoms with Crippen molar-refractivity contribution in [3.05, 3.63) is 23.8 Å². The van der Waals surface area contributed by atoms with Gasteiger partial charge in [-0.05, 0) is 30.7 Å². The Kier molecular flexibility index (Phi) is 2.33. The zero-order valence-corrected chi connectivity index (χ0v) is 7.22. The van der Waals surface area contributed by atoms with Crippen LogP contribution in [0, 0.1) is 6.92 Å². The molecule has 3 N–H and O–H groups in total. The summed E-state index contributed by atoms with van der Waals surface area (Å²) < 4.78 is 0. The van der Waals surface area contributed by atoms with Gasteiger partial charge in [0.25, 0.3) is 0 Å². The highest BCUT2D eigenvalue weighted by molar-refractivity contribution is 5.89. The molecule has 64 valence electrons. The summed E-state index contributed by atoms with van der Waals surface area (Å²) in [4.78, 5) is 10.7. The van der Waals surface area contributed by atoms with Crippen LogP contribution in [0.25, 0.3) is 0 Å². The fourth-order valence-electron chi connectivity index (χ4n) is 0.957. The molecule has 0 heterocycles. The number of hydrogen-bond acceptors (Lipinski definition) is 2. The summed E-state index contributed by atoms with van der Waals surface area (Å²) in [5.74, 6) is -0.0702. The summed E-state index contributed by atoms with van der Waals surface area (Å²) in [5.41, 5.74) is 8.11. The number of rotatable bonds is 1. The molecule has 0 spiro atoms. The maximum atomic E-state index is 10.7. The van der Waals surface area contributed by atoms with Gasteiger partial charge in [-0.25, -0.2) is 0 Å². The van der Waals surface area contributed by atoms with Crippen LogP contribution in [0.4, 0.5) is 11.4 Å². The number of amides is 1. The van der Waals surface area contributed by atoms with Gasteiger partial charge >= 0.3 is 0 Å². The third-order valence-electron chi connectivity index (χ3n) is 1.59. The molecule has 0 aliphatic heterocycles. The van der Waals surface area contributed by atoms with Crippen molar-refractivity contribution in [3.63, 3.8) is 0 Å². The van der Waals surface area contributed by atoms with Gasteiger partial charge in [-0.3, -0.25) is 4.79 Å². The number of anilines is 2. The molecule has 0 bridgehead atoms. The van der Waals surface area contributed by atoms with Crippen LogP contribution in [0.3, 0.4) is 0 Å². The van der Waals surface area contributed by atoms with Crippen LogP contribution in [-0.4, -0.2) is 5.91 Å². The fourth-order valence-corrected chi connectivity index (χ4v) is 0.957. The van der Waals surface area contributed by atoms with E-state index in [2.05, 4.69) is 5.32 Å². The molecule has 0 unspecified atom stereocenters. The molecule has 3 heteroatoms. The average Bonchev–Trinajstić information content (AvgIpc) is 1.96. The molecule has 0 saturated heterocycles. The smallest absolute Gasteiger partial charge is 0.221 e. The highest BCUT2D eigenvalue weighted by Crippen LogP contribution is 2.16. The Labute approximate surface area is 71.6 Å². The van der Waals surface area contributed by atoms with Crippen molar-refractivity contribution in [1.29, 1.82) is 0 Å². The van der Waals surface area contributed by atoms with Crippen molar-refractivity contribution < 1.29 is 4.79 Å². The number of benzene rings is 1. The van der Waals surface area contributed by atoms with Crippen molar-refractivity contribution in [2.75, 3.05) is 11.1 Å². The topological polar surface area (TPSA) is 55.1 Å². The standard InChI is InChI=1S/C9H12N2O/c1-6-5-8(11-7(2)12)3-4-9(6)10/h3-5H,10H2,1-2H3,(H,11,12). The maximum absolute atomic E-state index is 10.7. The first-order chi connectivity index (χ1) is 5.59. The van der Waals surface area contributed by atoms with Crippen LogP contribution in [-0.2, 0) is 4.79 Å². The fraction of sp³-hybridized carbons (Fsp3) is 0.222. The predicted octanol–water partition coefficient (Wildman–Crippen LogP) is 1.54. The van der Waals surface area contributed by atoms with E-state index in [0.29, 0.717) is 0 Å². The second kappa shape index (κ2) is 3.26. The molecule has 3 nitrogen and oxygen atoms in total. The summed E-state index contributed by atoms with van der Waals surface area (Å²) in [5, 5.41) is 2.68. The summed E-state index contributed by atoms with van der Waals surface area (Å²) in [7, 11) is 0. The number of carbonyl (C=O) groups excluding carboxylic acids is 1. The summed E-state index contributed by atoms with van der Waals surface area (Å²) in [6, 6.07) is 5.40. The molecular weight excluding hydrogens is 152 g/mol. The Morgan fingerprint density at radius 2 is 2.17 bits per heavy atom. The second-order valence-corrected chi connectivity index (χ2v) is 2.75. The summed E-state index contributed by atoms with van der Waals surface area (Å²) in [6.07, 6.45) is 0. The van der Waals surface area contributed by atoms with Crippen LogP contribution in [0.1, 0.15) is 12.5 Å². The first-order valence-corrected chi connectivity index (χ1v) is 3.73. The zero-order chi connectivity index (χ0) is 9.14. The van der Waals surface area contributed by atoms with Crippen molar-refractivity contribution in [1.82, 2.24) is 0 Å². The Bertz CT molecular complexity index is 307. The monoisotopic (exact) mass is 164 g/mol. The van der Waals surface area contributed by atoms with Crippen molar-refractivity contribution in [2.24, 2.45) is 0 Å². The first kappa shape index (κ1) is 8.59. The Morgan fingerprint density at radius 1 is 1.50 bits per heavy atom. The number of nitrogen functional groups attached to an aromatic ring is 1. The van der Waals surface area contributed by atoms with Crippen molar-refractivity contribution >= 4 is 17.3 Å². The molecule has 1 aromatic carbocycles. The van der Waals surface area contributed by atoms with Crippen LogP contribution < -0.4 is 11.1 Å². The molecule has 0 aliphatic rings. The number of hydrogen-bond donors (Lipinski definition) is 2. The molecule has 0 aromatic heterocycles. The van der Waals surface area contributed by atoms with Crippen LogP contribution in [0.2, 0.25) is 0 Å². The first-order valence-electron chi connectivity index (χ1n) is 3.73. The second-order valence-electron chi connectivity index (χ2n) is 2.75. The third kappa shape index (κ3) is 1.99. The summed E-state index contributed by atoms with van der Waals surface area (Å²) >= 11 is 0. The van der Waals surface area contributed by atoms with E-state index in [1.807, 2.05) is 13.0 Å². The van der Waals surface area contributed by atoms with Crippen molar-refractivity contribution in [2.45, 2.75) is 13.8 Å². The Morgan fingerprint density at radius 3 is 2.67 bits per heavy atom. The van der Waals surface area contributed by atoms with E-state index in [4.69, 9.17) is 5.73 Å². The van der Waals surface area contributed by atoms with E-state index < -0.39 is 0 Å². The maximum Gasteiger partial charge on any atom is 0.221 e. The van der Waals surface area contributed by atoms with Gasteiger partial charge in [0.1, 0.15) is 0 Å². The molecule has 0 aliphatic carbocycles. The van der Waals surface area contributed by atoms with Gasteiger partial charge < -0.3 is 11.1 Å². The van der Waals surface area contributed by atoms with E-state index >= 15 is 0 Å². The van der Waals surface area contributed by atoms with E-state index in [-0.39, 0.29) is 5.91 Å². The van der Waals surface area contributed by atoms with E-state index in [1.165, 1.54) is 6.92 Å². The zero-order valence-electron chi connectivity index (χ0n) is 7.22. The quantitative estimate of drug-likeness (QED) is 0.618. The van der Waals surface area contributed by atoms with Crippen LogP contribution in [0.15, 0.2) is 18.2 Å². The van der Waals surface area contributed by atoms with Gasteiger partial charge in [0, 0.05) is 18.3 Å². The minimum Gasteiger partial charge on any atom is -0.399 e. The lowest BCUT2D eigenvalue weighted by Gasteiger charge is -2.04. The molecular formula is C9H12N2O. The Balaban J connectivity index is 2.89. The molecule has 0 radical (unpaired) electrons.